The van der Waals surface area contributed by atoms with Gasteiger partial charge in [0.25, 0.3) is 0 Å². The number of hydrogen-bond donors (Lipinski definition) is 1. The summed E-state index contributed by atoms with van der Waals surface area (Å²) in [6, 6.07) is 0. The van der Waals surface area contributed by atoms with Gasteiger partial charge >= 0.3 is 0 Å². The lowest BCUT2D eigenvalue weighted by atomic mass is 9.68. The highest BCUT2D eigenvalue weighted by Gasteiger charge is 2.44. The maximum atomic E-state index is 6.02. The van der Waals surface area contributed by atoms with Crippen molar-refractivity contribution < 1.29 is 9.47 Å². The smallest absolute Gasteiger partial charge is 0.0939 e. The van der Waals surface area contributed by atoms with Crippen molar-refractivity contribution in [3.63, 3.8) is 0 Å². The van der Waals surface area contributed by atoms with Crippen LogP contribution in [0, 0.1) is 11.3 Å². The third-order valence-electron chi connectivity index (χ3n) is 4.68. The molecule has 2 aliphatic rings. The van der Waals surface area contributed by atoms with Crippen LogP contribution in [-0.2, 0) is 9.47 Å². The minimum absolute atomic E-state index is 0.0554. The molecule has 2 fully saturated rings. The second kappa shape index (κ2) is 5.25. The molecular weight excluding hydrogens is 214 g/mol. The molecule has 0 amide bonds. The largest absolute Gasteiger partial charge is 0.378 e. The Morgan fingerprint density at radius 2 is 2.18 bits per heavy atom. The molecule has 0 bridgehead atoms. The molecule has 0 aliphatic carbocycles. The number of rotatable bonds is 4. The third kappa shape index (κ3) is 3.01. The minimum Gasteiger partial charge on any atom is -0.378 e. The van der Waals surface area contributed by atoms with Gasteiger partial charge in [0.2, 0.25) is 0 Å². The Morgan fingerprint density at radius 3 is 2.82 bits per heavy atom. The predicted octanol–water partition coefficient (Wildman–Crippen LogP) is 2.21. The summed E-state index contributed by atoms with van der Waals surface area (Å²) in [5.41, 5.74) is 0.461. The molecule has 2 aliphatic heterocycles. The second-order valence-corrected chi connectivity index (χ2v) is 6.37. The zero-order chi connectivity index (χ0) is 12.4. The summed E-state index contributed by atoms with van der Waals surface area (Å²) >= 11 is 0. The highest BCUT2D eigenvalue weighted by Crippen LogP contribution is 2.44. The van der Waals surface area contributed by atoms with Gasteiger partial charge in [-0.3, -0.25) is 0 Å². The van der Waals surface area contributed by atoms with E-state index in [9.17, 15) is 0 Å². The van der Waals surface area contributed by atoms with Crippen molar-refractivity contribution in [2.75, 3.05) is 33.4 Å². The van der Waals surface area contributed by atoms with E-state index in [0.717, 1.165) is 38.7 Å². The molecule has 0 aromatic carbocycles. The predicted molar refractivity (Wildman–Crippen MR) is 69.2 cm³/mol. The van der Waals surface area contributed by atoms with Crippen LogP contribution in [0.1, 0.15) is 39.5 Å². The highest BCUT2D eigenvalue weighted by molar-refractivity contribution is 4.94. The lowest BCUT2D eigenvalue weighted by molar-refractivity contribution is -0.116. The van der Waals surface area contributed by atoms with Crippen molar-refractivity contribution >= 4 is 0 Å². The van der Waals surface area contributed by atoms with Gasteiger partial charge in [0.1, 0.15) is 0 Å². The van der Waals surface area contributed by atoms with E-state index >= 15 is 0 Å². The van der Waals surface area contributed by atoms with E-state index in [4.69, 9.17) is 9.47 Å². The fourth-order valence-electron chi connectivity index (χ4n) is 3.21. The Kier molecular flexibility index (Phi) is 4.11. The molecule has 2 atom stereocenters. The van der Waals surface area contributed by atoms with Crippen molar-refractivity contribution in [2.24, 2.45) is 11.3 Å². The Bertz CT molecular complexity index is 247. The molecule has 0 aromatic rings. The molecule has 1 N–H and O–H groups in total. The van der Waals surface area contributed by atoms with Gasteiger partial charge in [0.15, 0.2) is 0 Å². The zero-order valence-corrected chi connectivity index (χ0v) is 11.6. The minimum atomic E-state index is 0.0554. The first-order valence-electron chi connectivity index (χ1n) is 6.94. The van der Waals surface area contributed by atoms with Gasteiger partial charge in [-0.25, -0.2) is 0 Å². The van der Waals surface area contributed by atoms with Crippen LogP contribution in [-0.4, -0.2) is 39.0 Å². The summed E-state index contributed by atoms with van der Waals surface area (Å²) in [6.45, 7) is 8.52. The molecule has 0 radical (unpaired) electrons. The van der Waals surface area contributed by atoms with Crippen molar-refractivity contribution in [1.29, 1.82) is 0 Å². The first-order valence-corrected chi connectivity index (χ1v) is 6.94. The molecule has 0 aromatic heterocycles. The van der Waals surface area contributed by atoms with Crippen LogP contribution in [0.15, 0.2) is 0 Å². The van der Waals surface area contributed by atoms with Crippen LogP contribution in [0.2, 0.25) is 0 Å². The van der Waals surface area contributed by atoms with Crippen molar-refractivity contribution in [3.8, 4) is 0 Å². The first-order chi connectivity index (χ1) is 8.08. The standard InChI is InChI=1S/C14H27NO2/c1-13(2,5-7-15-3)12-4-8-17-14(10-12)6-9-16-11-14/h12,15H,4-11H2,1-3H3. The van der Waals surface area contributed by atoms with Crippen LogP contribution in [0.5, 0.6) is 0 Å². The van der Waals surface area contributed by atoms with Crippen LogP contribution in [0.25, 0.3) is 0 Å². The summed E-state index contributed by atoms with van der Waals surface area (Å²) in [7, 11) is 2.03. The number of ether oxygens (including phenoxy) is 2. The number of nitrogens with one attached hydrogen (secondary N) is 1. The van der Waals surface area contributed by atoms with Gasteiger partial charge < -0.3 is 14.8 Å². The molecular formula is C14H27NO2. The average Bonchev–Trinajstić information content (AvgIpc) is 2.75. The van der Waals surface area contributed by atoms with Crippen LogP contribution in [0.3, 0.4) is 0 Å². The maximum absolute atomic E-state index is 6.02. The number of hydrogen-bond acceptors (Lipinski definition) is 3. The SMILES string of the molecule is CNCCC(C)(C)C1CCOC2(CCOC2)C1. The lowest BCUT2D eigenvalue weighted by Crippen LogP contribution is -2.44. The van der Waals surface area contributed by atoms with Gasteiger partial charge in [-0.2, -0.15) is 0 Å². The normalized spacial score (nSPS) is 34.4. The Hall–Kier alpha value is -0.120. The lowest BCUT2D eigenvalue weighted by Gasteiger charge is -2.44. The molecule has 3 heteroatoms. The quantitative estimate of drug-likeness (QED) is 0.818. The van der Waals surface area contributed by atoms with E-state index in [2.05, 4.69) is 19.2 Å². The molecule has 1 spiro atoms. The van der Waals surface area contributed by atoms with Gasteiger partial charge in [-0.05, 0) is 44.2 Å². The fourth-order valence-corrected chi connectivity index (χ4v) is 3.21. The zero-order valence-electron chi connectivity index (χ0n) is 11.6. The highest BCUT2D eigenvalue weighted by atomic mass is 16.6. The summed E-state index contributed by atoms with van der Waals surface area (Å²) in [4.78, 5) is 0. The molecule has 100 valence electrons. The van der Waals surface area contributed by atoms with E-state index in [1.54, 1.807) is 0 Å². The average molecular weight is 241 g/mol. The van der Waals surface area contributed by atoms with E-state index in [-0.39, 0.29) is 5.60 Å². The van der Waals surface area contributed by atoms with E-state index in [1.165, 1.54) is 19.3 Å². The summed E-state index contributed by atoms with van der Waals surface area (Å²) < 4.78 is 11.6. The molecule has 2 rings (SSSR count). The first kappa shape index (κ1) is 13.3. The van der Waals surface area contributed by atoms with Crippen molar-refractivity contribution in [1.82, 2.24) is 5.32 Å². The molecule has 2 saturated heterocycles. The Morgan fingerprint density at radius 1 is 1.35 bits per heavy atom. The molecule has 3 nitrogen and oxygen atoms in total. The summed E-state index contributed by atoms with van der Waals surface area (Å²) in [5, 5.41) is 3.27. The third-order valence-corrected chi connectivity index (χ3v) is 4.68. The van der Waals surface area contributed by atoms with Crippen molar-refractivity contribution in [2.45, 2.75) is 45.1 Å². The van der Waals surface area contributed by atoms with E-state index < -0.39 is 0 Å². The van der Waals surface area contributed by atoms with E-state index in [0.29, 0.717) is 5.41 Å². The summed E-state index contributed by atoms with van der Waals surface area (Å²) in [5.74, 6) is 0.770. The van der Waals surface area contributed by atoms with Gasteiger partial charge in [0.05, 0.1) is 12.2 Å². The van der Waals surface area contributed by atoms with Crippen LogP contribution >= 0.6 is 0 Å². The fraction of sp³-hybridized carbons (Fsp3) is 1.00. The van der Waals surface area contributed by atoms with Gasteiger partial charge in [-0.1, -0.05) is 13.8 Å². The van der Waals surface area contributed by atoms with Gasteiger partial charge in [0, 0.05) is 19.6 Å². The summed E-state index contributed by atoms with van der Waals surface area (Å²) in [6.07, 6.45) is 4.72. The van der Waals surface area contributed by atoms with Crippen molar-refractivity contribution in [3.05, 3.63) is 0 Å². The Balaban J connectivity index is 1.96. The van der Waals surface area contributed by atoms with Crippen LogP contribution < -0.4 is 5.32 Å². The Labute approximate surface area is 105 Å². The van der Waals surface area contributed by atoms with E-state index in [1.807, 2.05) is 7.05 Å². The molecule has 2 unspecified atom stereocenters. The monoisotopic (exact) mass is 241 g/mol. The molecule has 2 heterocycles. The van der Waals surface area contributed by atoms with Crippen LogP contribution in [0.4, 0.5) is 0 Å². The second-order valence-electron chi connectivity index (χ2n) is 6.37. The van der Waals surface area contributed by atoms with Gasteiger partial charge in [-0.15, -0.1) is 0 Å². The molecule has 17 heavy (non-hydrogen) atoms. The topological polar surface area (TPSA) is 30.5 Å². The molecule has 0 saturated carbocycles. The maximum Gasteiger partial charge on any atom is 0.0939 e.